The Labute approximate surface area is 154 Å². The summed E-state index contributed by atoms with van der Waals surface area (Å²) >= 11 is 12.0. The first-order chi connectivity index (χ1) is 12.0. The molecular formula is C18H15Cl2N3O2. The number of carbonyl (C=O) groups excluding carboxylic acids is 1. The van der Waals surface area contributed by atoms with E-state index in [0.29, 0.717) is 27.5 Å². The summed E-state index contributed by atoms with van der Waals surface area (Å²) in [7, 11) is 1.70. The Kier molecular flexibility index (Phi) is 5.06. The predicted molar refractivity (Wildman–Crippen MR) is 98.9 cm³/mol. The van der Waals surface area contributed by atoms with Gasteiger partial charge in [0, 0.05) is 18.6 Å². The molecule has 3 aromatic rings. The van der Waals surface area contributed by atoms with Crippen LogP contribution in [-0.2, 0) is 17.9 Å². The van der Waals surface area contributed by atoms with Gasteiger partial charge in [-0.05, 0) is 17.7 Å². The van der Waals surface area contributed by atoms with Crippen molar-refractivity contribution < 1.29 is 4.79 Å². The first-order valence-electron chi connectivity index (χ1n) is 7.58. The van der Waals surface area contributed by atoms with Crippen molar-refractivity contribution in [3.8, 4) is 0 Å². The van der Waals surface area contributed by atoms with Crippen LogP contribution in [0, 0.1) is 0 Å². The quantitative estimate of drug-likeness (QED) is 0.702. The molecule has 0 aliphatic rings. The zero-order chi connectivity index (χ0) is 18.0. The van der Waals surface area contributed by atoms with E-state index in [1.807, 2.05) is 30.3 Å². The fourth-order valence-electron chi connectivity index (χ4n) is 2.52. The molecule has 0 saturated heterocycles. The second-order valence-corrected chi connectivity index (χ2v) is 6.54. The Balaban J connectivity index is 1.84. The Morgan fingerprint density at radius 3 is 2.64 bits per heavy atom. The summed E-state index contributed by atoms with van der Waals surface area (Å²) in [6.45, 7) is 0.363. The van der Waals surface area contributed by atoms with Crippen molar-refractivity contribution in [3.63, 3.8) is 0 Å². The molecule has 25 heavy (non-hydrogen) atoms. The van der Waals surface area contributed by atoms with Crippen LogP contribution in [0.2, 0.25) is 10.0 Å². The van der Waals surface area contributed by atoms with Crippen molar-refractivity contribution >= 4 is 40.0 Å². The number of hydrogen-bond donors (Lipinski definition) is 0. The number of rotatable bonds is 4. The van der Waals surface area contributed by atoms with Gasteiger partial charge in [-0.1, -0.05) is 53.5 Å². The van der Waals surface area contributed by atoms with Crippen molar-refractivity contribution in [1.82, 2.24) is 14.5 Å². The van der Waals surface area contributed by atoms with Crippen LogP contribution in [0.4, 0.5) is 0 Å². The highest BCUT2D eigenvalue weighted by molar-refractivity contribution is 6.38. The highest BCUT2D eigenvalue weighted by Crippen LogP contribution is 2.23. The molecule has 0 radical (unpaired) electrons. The number of aromatic nitrogens is 2. The van der Waals surface area contributed by atoms with Gasteiger partial charge in [0.1, 0.15) is 6.54 Å². The third-order valence-electron chi connectivity index (χ3n) is 3.84. The van der Waals surface area contributed by atoms with Crippen molar-refractivity contribution in [1.29, 1.82) is 0 Å². The molecule has 0 unspecified atom stereocenters. The molecule has 1 amide bonds. The first kappa shape index (κ1) is 17.5. The lowest BCUT2D eigenvalue weighted by Gasteiger charge is -2.18. The molecule has 0 atom stereocenters. The van der Waals surface area contributed by atoms with Gasteiger partial charge in [0.2, 0.25) is 5.91 Å². The van der Waals surface area contributed by atoms with Gasteiger partial charge in [-0.3, -0.25) is 14.2 Å². The van der Waals surface area contributed by atoms with E-state index in [0.717, 1.165) is 5.56 Å². The van der Waals surface area contributed by atoms with E-state index in [4.69, 9.17) is 23.2 Å². The van der Waals surface area contributed by atoms with Crippen LogP contribution in [0.1, 0.15) is 5.56 Å². The zero-order valence-corrected chi connectivity index (χ0v) is 15.0. The molecule has 2 aromatic carbocycles. The van der Waals surface area contributed by atoms with Gasteiger partial charge < -0.3 is 4.90 Å². The third-order valence-corrected chi connectivity index (χ3v) is 4.35. The van der Waals surface area contributed by atoms with Gasteiger partial charge in [-0.15, -0.1) is 0 Å². The molecule has 128 valence electrons. The molecule has 7 heteroatoms. The second-order valence-electron chi connectivity index (χ2n) is 5.70. The number of nitrogens with zero attached hydrogens (tertiary/aromatic N) is 3. The van der Waals surface area contributed by atoms with E-state index < -0.39 is 0 Å². The van der Waals surface area contributed by atoms with Crippen LogP contribution in [0.15, 0.2) is 53.6 Å². The Morgan fingerprint density at radius 1 is 1.20 bits per heavy atom. The summed E-state index contributed by atoms with van der Waals surface area (Å²) in [4.78, 5) is 30.8. The predicted octanol–water partition coefficient (Wildman–Crippen LogP) is 3.36. The number of likely N-dealkylation sites (N-methyl/N-ethyl adjacent to an activating group) is 1. The Morgan fingerprint density at radius 2 is 1.92 bits per heavy atom. The normalized spacial score (nSPS) is 10.8. The summed E-state index contributed by atoms with van der Waals surface area (Å²) in [6, 6.07) is 12.7. The van der Waals surface area contributed by atoms with Gasteiger partial charge >= 0.3 is 0 Å². The first-order valence-corrected chi connectivity index (χ1v) is 8.33. The standard InChI is InChI=1S/C18H15Cl2N3O2/c1-22(9-12-5-3-2-4-6-12)16(24)10-23-11-21-17-14(18(23)25)7-13(19)8-15(17)20/h2-8,11H,9-10H2,1H3. The summed E-state index contributed by atoms with van der Waals surface area (Å²) in [5, 5.41) is 0.944. The topological polar surface area (TPSA) is 55.2 Å². The average Bonchev–Trinajstić information content (AvgIpc) is 2.58. The molecule has 0 bridgehead atoms. The maximum Gasteiger partial charge on any atom is 0.261 e. The lowest BCUT2D eigenvalue weighted by molar-refractivity contribution is -0.131. The number of amides is 1. The van der Waals surface area contributed by atoms with Crippen molar-refractivity contribution in [3.05, 3.63) is 74.8 Å². The van der Waals surface area contributed by atoms with E-state index >= 15 is 0 Å². The Bertz CT molecular complexity index is 987. The number of carbonyl (C=O) groups is 1. The maximum atomic E-state index is 12.6. The molecule has 0 N–H and O–H groups in total. The van der Waals surface area contributed by atoms with Crippen molar-refractivity contribution in [2.45, 2.75) is 13.1 Å². The second kappa shape index (κ2) is 7.25. The van der Waals surface area contributed by atoms with Crippen LogP contribution in [-0.4, -0.2) is 27.4 Å². The Hall–Kier alpha value is -2.37. The van der Waals surface area contributed by atoms with E-state index in [1.165, 1.54) is 23.0 Å². The van der Waals surface area contributed by atoms with Gasteiger partial charge in [0.25, 0.3) is 5.56 Å². The molecule has 5 nitrogen and oxygen atoms in total. The summed E-state index contributed by atoms with van der Waals surface area (Å²) < 4.78 is 1.26. The molecule has 0 aliphatic heterocycles. The third kappa shape index (κ3) is 3.83. The van der Waals surface area contributed by atoms with E-state index in [-0.39, 0.29) is 18.0 Å². The van der Waals surface area contributed by atoms with Gasteiger partial charge in [-0.25, -0.2) is 4.98 Å². The van der Waals surface area contributed by atoms with Crippen LogP contribution in [0.5, 0.6) is 0 Å². The van der Waals surface area contributed by atoms with Crippen LogP contribution in [0.25, 0.3) is 10.9 Å². The zero-order valence-electron chi connectivity index (χ0n) is 13.4. The summed E-state index contributed by atoms with van der Waals surface area (Å²) in [5.74, 6) is -0.194. The minimum atomic E-state index is -0.351. The number of halogens is 2. The highest BCUT2D eigenvalue weighted by atomic mass is 35.5. The largest absolute Gasteiger partial charge is 0.340 e. The van der Waals surface area contributed by atoms with E-state index in [2.05, 4.69) is 4.98 Å². The SMILES string of the molecule is CN(Cc1ccccc1)C(=O)Cn1cnc2c(Cl)cc(Cl)cc2c1=O. The van der Waals surface area contributed by atoms with Gasteiger partial charge in [0.15, 0.2) is 0 Å². The minimum Gasteiger partial charge on any atom is -0.340 e. The van der Waals surface area contributed by atoms with Crippen LogP contribution < -0.4 is 5.56 Å². The average molecular weight is 376 g/mol. The van der Waals surface area contributed by atoms with Gasteiger partial charge in [-0.2, -0.15) is 0 Å². The summed E-state index contributed by atoms with van der Waals surface area (Å²) in [5.41, 5.74) is 1.04. The van der Waals surface area contributed by atoms with Crippen LogP contribution >= 0.6 is 23.2 Å². The molecule has 0 saturated carbocycles. The van der Waals surface area contributed by atoms with Crippen molar-refractivity contribution in [2.24, 2.45) is 0 Å². The maximum absolute atomic E-state index is 12.6. The monoisotopic (exact) mass is 375 g/mol. The minimum absolute atomic E-state index is 0.102. The molecule has 3 rings (SSSR count). The van der Waals surface area contributed by atoms with Crippen molar-refractivity contribution in [2.75, 3.05) is 7.05 Å². The van der Waals surface area contributed by atoms with Crippen LogP contribution in [0.3, 0.4) is 0 Å². The number of fused-ring (bicyclic) bond motifs is 1. The molecule has 0 spiro atoms. The lowest BCUT2D eigenvalue weighted by atomic mass is 10.2. The molecule has 1 heterocycles. The lowest BCUT2D eigenvalue weighted by Crippen LogP contribution is -2.33. The highest BCUT2D eigenvalue weighted by Gasteiger charge is 2.14. The molecule has 0 aliphatic carbocycles. The molecule has 0 fully saturated rings. The molecule has 1 aromatic heterocycles. The smallest absolute Gasteiger partial charge is 0.261 e. The summed E-state index contributed by atoms with van der Waals surface area (Å²) in [6.07, 6.45) is 1.33. The van der Waals surface area contributed by atoms with E-state index in [1.54, 1.807) is 11.9 Å². The number of hydrogen-bond acceptors (Lipinski definition) is 3. The fraction of sp³-hybridized carbons (Fsp3) is 0.167. The fourth-order valence-corrected chi connectivity index (χ4v) is 3.06. The number of benzene rings is 2. The molecular weight excluding hydrogens is 361 g/mol. The van der Waals surface area contributed by atoms with Gasteiger partial charge in [0.05, 0.1) is 22.3 Å². The van der Waals surface area contributed by atoms with E-state index in [9.17, 15) is 9.59 Å².